The molecule has 1 aromatic heterocycles. The van der Waals surface area contributed by atoms with Crippen molar-refractivity contribution in [3.8, 4) is 0 Å². The van der Waals surface area contributed by atoms with Gasteiger partial charge in [-0.2, -0.15) is 4.72 Å². The smallest absolute Gasteiger partial charge is 0.335 e. The number of nitrogens with two attached hydrogens (primary N) is 1. The van der Waals surface area contributed by atoms with Gasteiger partial charge < -0.3 is 10.8 Å². The monoisotopic (exact) mass is 483 g/mol. The summed E-state index contributed by atoms with van der Waals surface area (Å²) in [6.45, 7) is 1.84. The Morgan fingerprint density at radius 2 is 1.97 bits per heavy atom. The molecule has 1 unspecified atom stereocenters. The number of aromatic carboxylic acids is 1. The number of fused-ring (bicyclic) bond motifs is 1. The molecule has 0 spiro atoms. The third-order valence-electron chi connectivity index (χ3n) is 5.94. The predicted octanol–water partition coefficient (Wildman–Crippen LogP) is 1.59. The van der Waals surface area contributed by atoms with Gasteiger partial charge >= 0.3 is 5.97 Å². The number of hydrogen-bond acceptors (Lipinski definition) is 6. The van der Waals surface area contributed by atoms with E-state index in [-0.39, 0.29) is 22.9 Å². The van der Waals surface area contributed by atoms with Crippen molar-refractivity contribution in [2.45, 2.75) is 49.6 Å². The number of aromatic nitrogens is 3. The minimum absolute atomic E-state index is 0.0348. The van der Waals surface area contributed by atoms with Gasteiger partial charge in [-0.15, -0.1) is 5.10 Å². The fraction of sp³-hybridized carbons (Fsp3) is 0.304. The van der Waals surface area contributed by atoms with Gasteiger partial charge in [0.05, 0.1) is 22.2 Å². The molecule has 1 aliphatic rings. The predicted molar refractivity (Wildman–Crippen MR) is 123 cm³/mol. The summed E-state index contributed by atoms with van der Waals surface area (Å²) in [5.74, 6) is -1.80. The molecule has 4 N–H and O–H groups in total. The Kier molecular flexibility index (Phi) is 6.49. The van der Waals surface area contributed by atoms with Crippen LogP contribution in [0.5, 0.6) is 0 Å². The van der Waals surface area contributed by atoms with Crippen LogP contribution in [0.25, 0.3) is 0 Å². The molecule has 0 aliphatic heterocycles. The van der Waals surface area contributed by atoms with Crippen LogP contribution in [0.4, 0.5) is 0 Å². The molecular formula is C23H25N5O5S. The highest BCUT2D eigenvalue weighted by Crippen LogP contribution is 2.33. The standard InChI is InChI=1S/C23H25N5O5S/c1-14-5-8-18(9-6-14)34(32,33)26-20(22(24)29)12-17-13-28(27-25-17)21-4-2-3-15-11-16(23(30)31)7-10-19(15)21/h5-11,13,20-21,26H,2-4,12H2,1H3,(H2,24,29)(H,30,31)/t20-,21?/m1/s1. The number of nitrogens with zero attached hydrogens (tertiary/aromatic N) is 3. The fourth-order valence-corrected chi connectivity index (χ4v) is 5.34. The molecule has 0 fully saturated rings. The van der Waals surface area contributed by atoms with Crippen LogP contribution in [-0.2, 0) is 27.7 Å². The van der Waals surface area contributed by atoms with Gasteiger partial charge in [0.25, 0.3) is 0 Å². The number of nitrogens with one attached hydrogen (secondary N) is 1. The quantitative estimate of drug-likeness (QED) is 0.439. The molecular weight excluding hydrogens is 458 g/mol. The number of aryl methyl sites for hydroxylation is 2. The maximum atomic E-state index is 12.7. The average Bonchev–Trinajstić information content (AvgIpc) is 3.26. The molecule has 1 amide bonds. The normalized spacial score (nSPS) is 16.6. The number of carbonyl (C=O) groups is 2. The Bertz CT molecular complexity index is 1330. The first-order valence-electron chi connectivity index (χ1n) is 10.8. The summed E-state index contributed by atoms with van der Waals surface area (Å²) in [7, 11) is -3.96. The van der Waals surface area contributed by atoms with Crippen LogP contribution in [0.15, 0.2) is 53.6 Å². The summed E-state index contributed by atoms with van der Waals surface area (Å²) >= 11 is 0. The third kappa shape index (κ3) is 5.00. The Labute approximate surface area is 196 Å². The minimum Gasteiger partial charge on any atom is -0.478 e. The zero-order valence-electron chi connectivity index (χ0n) is 18.5. The highest BCUT2D eigenvalue weighted by Gasteiger charge is 2.27. The summed E-state index contributed by atoms with van der Waals surface area (Å²) in [5.41, 5.74) is 8.96. The van der Waals surface area contributed by atoms with Crippen molar-refractivity contribution in [1.29, 1.82) is 0 Å². The van der Waals surface area contributed by atoms with Gasteiger partial charge in [-0.05, 0) is 61.6 Å². The first-order valence-corrected chi connectivity index (χ1v) is 12.3. The van der Waals surface area contributed by atoms with E-state index < -0.39 is 27.9 Å². The van der Waals surface area contributed by atoms with E-state index in [1.165, 1.54) is 12.1 Å². The number of benzene rings is 2. The first-order chi connectivity index (χ1) is 16.1. The number of primary amides is 1. The fourth-order valence-electron chi connectivity index (χ4n) is 4.14. The summed E-state index contributed by atoms with van der Waals surface area (Å²) in [4.78, 5) is 23.3. The van der Waals surface area contributed by atoms with Gasteiger partial charge in [-0.1, -0.05) is 29.0 Å². The van der Waals surface area contributed by atoms with E-state index in [2.05, 4.69) is 15.0 Å². The molecule has 0 saturated heterocycles. The van der Waals surface area contributed by atoms with Crippen molar-refractivity contribution >= 4 is 21.9 Å². The molecule has 4 rings (SSSR count). The van der Waals surface area contributed by atoms with Crippen molar-refractivity contribution in [2.75, 3.05) is 0 Å². The molecule has 2 atom stereocenters. The Balaban J connectivity index is 1.53. The van der Waals surface area contributed by atoms with Gasteiger partial charge in [0.1, 0.15) is 6.04 Å². The van der Waals surface area contributed by atoms with E-state index >= 15 is 0 Å². The second-order valence-corrected chi connectivity index (χ2v) is 10.1. The Hall–Kier alpha value is -3.57. The lowest BCUT2D eigenvalue weighted by molar-refractivity contribution is -0.119. The number of rotatable bonds is 8. The molecule has 3 aromatic rings. The third-order valence-corrected chi connectivity index (χ3v) is 7.42. The van der Waals surface area contributed by atoms with Crippen LogP contribution in [0, 0.1) is 6.92 Å². The highest BCUT2D eigenvalue weighted by atomic mass is 32.2. The van der Waals surface area contributed by atoms with Gasteiger partial charge in [0.2, 0.25) is 15.9 Å². The van der Waals surface area contributed by atoms with Crippen LogP contribution in [0.1, 0.15) is 51.6 Å². The second-order valence-electron chi connectivity index (χ2n) is 8.41. The minimum atomic E-state index is -3.96. The van der Waals surface area contributed by atoms with Crippen molar-refractivity contribution in [3.05, 3.63) is 76.6 Å². The first kappa shape index (κ1) is 23.6. The van der Waals surface area contributed by atoms with Gasteiger partial charge in [-0.25, -0.2) is 17.9 Å². The maximum absolute atomic E-state index is 12.7. The van der Waals surface area contributed by atoms with E-state index in [0.29, 0.717) is 5.69 Å². The van der Waals surface area contributed by atoms with Crippen molar-refractivity contribution in [2.24, 2.45) is 5.73 Å². The van der Waals surface area contributed by atoms with E-state index in [0.717, 1.165) is 36.0 Å². The topological polar surface area (TPSA) is 157 Å². The van der Waals surface area contributed by atoms with Crippen molar-refractivity contribution < 1.29 is 23.1 Å². The molecule has 178 valence electrons. The molecule has 11 heteroatoms. The van der Waals surface area contributed by atoms with Crippen LogP contribution < -0.4 is 10.5 Å². The molecule has 2 aromatic carbocycles. The van der Waals surface area contributed by atoms with Crippen molar-refractivity contribution in [3.63, 3.8) is 0 Å². The lowest BCUT2D eigenvalue weighted by atomic mass is 9.86. The molecule has 10 nitrogen and oxygen atoms in total. The number of hydrogen-bond donors (Lipinski definition) is 3. The lowest BCUT2D eigenvalue weighted by Crippen LogP contribution is -2.45. The maximum Gasteiger partial charge on any atom is 0.335 e. The summed E-state index contributed by atoms with van der Waals surface area (Å²) < 4.78 is 29.5. The number of carbonyl (C=O) groups excluding carboxylic acids is 1. The number of carboxylic acid groups (broad SMARTS) is 1. The van der Waals surface area contributed by atoms with Gasteiger partial charge in [-0.3, -0.25) is 4.79 Å². The number of sulfonamides is 1. The zero-order chi connectivity index (χ0) is 24.5. The van der Waals surface area contributed by atoms with Crippen LogP contribution in [-0.4, -0.2) is 46.4 Å². The summed E-state index contributed by atoms with van der Waals surface area (Å²) in [6.07, 6.45) is 4.04. The molecule has 1 aliphatic carbocycles. The number of carboxylic acids is 1. The zero-order valence-corrected chi connectivity index (χ0v) is 19.3. The molecule has 34 heavy (non-hydrogen) atoms. The Morgan fingerprint density at radius 1 is 1.24 bits per heavy atom. The van der Waals surface area contributed by atoms with E-state index in [4.69, 9.17) is 5.73 Å². The lowest BCUT2D eigenvalue weighted by Gasteiger charge is -2.25. The van der Waals surface area contributed by atoms with Gasteiger partial charge in [0.15, 0.2) is 0 Å². The molecule has 0 saturated carbocycles. The van der Waals surface area contributed by atoms with Crippen LogP contribution in [0.3, 0.4) is 0 Å². The molecule has 0 bridgehead atoms. The van der Waals surface area contributed by atoms with Crippen molar-refractivity contribution in [1.82, 2.24) is 19.7 Å². The van der Waals surface area contributed by atoms with Crippen LogP contribution >= 0.6 is 0 Å². The average molecular weight is 484 g/mol. The summed E-state index contributed by atoms with van der Waals surface area (Å²) in [5, 5.41) is 17.6. The second kappa shape index (κ2) is 9.35. The molecule has 1 heterocycles. The Morgan fingerprint density at radius 3 is 2.65 bits per heavy atom. The van der Waals surface area contributed by atoms with Crippen LogP contribution in [0.2, 0.25) is 0 Å². The highest BCUT2D eigenvalue weighted by molar-refractivity contribution is 7.89. The summed E-state index contributed by atoms with van der Waals surface area (Å²) in [6, 6.07) is 9.97. The van der Waals surface area contributed by atoms with E-state index in [1.54, 1.807) is 41.2 Å². The number of amides is 1. The van der Waals surface area contributed by atoms with E-state index in [1.807, 2.05) is 6.92 Å². The van der Waals surface area contributed by atoms with Gasteiger partial charge in [0, 0.05) is 12.6 Å². The van der Waals surface area contributed by atoms with E-state index in [9.17, 15) is 23.1 Å². The SMILES string of the molecule is Cc1ccc(S(=O)(=O)N[C@H](Cc2cn(C3CCCc4cc(C(=O)O)ccc43)nn2)C(N)=O)cc1. The molecule has 0 radical (unpaired) electrons. The largest absolute Gasteiger partial charge is 0.478 e.